The molecule has 0 atom stereocenters. The van der Waals surface area contributed by atoms with Crippen LogP contribution in [0.1, 0.15) is 21.5 Å². The molecule has 20 heavy (non-hydrogen) atoms. The zero-order valence-electron chi connectivity index (χ0n) is 10.7. The molecule has 0 spiro atoms. The van der Waals surface area contributed by atoms with Gasteiger partial charge in [0.2, 0.25) is 0 Å². The molecule has 0 aliphatic rings. The summed E-state index contributed by atoms with van der Waals surface area (Å²) in [5, 5.41) is 8.88. The van der Waals surface area contributed by atoms with E-state index in [0.717, 1.165) is 23.3 Å². The minimum atomic E-state index is -0.965. The van der Waals surface area contributed by atoms with Crippen molar-refractivity contribution < 1.29 is 18.7 Å². The van der Waals surface area contributed by atoms with Gasteiger partial charge < -0.3 is 5.11 Å². The van der Waals surface area contributed by atoms with Crippen LogP contribution < -0.4 is 0 Å². The minimum absolute atomic E-state index is 0.240. The maximum atomic E-state index is 13.1. The van der Waals surface area contributed by atoms with Crippen molar-refractivity contribution in [1.29, 1.82) is 0 Å². The van der Waals surface area contributed by atoms with Gasteiger partial charge in [-0.1, -0.05) is 6.07 Å². The molecule has 2 rings (SSSR count). The van der Waals surface area contributed by atoms with Crippen molar-refractivity contribution in [2.45, 2.75) is 17.6 Å². The van der Waals surface area contributed by atoms with Gasteiger partial charge in [-0.05, 0) is 48.4 Å². The third-order valence-corrected chi connectivity index (χ3v) is 3.92. The lowest BCUT2D eigenvalue weighted by Crippen LogP contribution is -1.98. The Morgan fingerprint density at radius 1 is 1.15 bits per heavy atom. The third kappa shape index (κ3) is 3.36. The first kappa shape index (κ1) is 14.5. The van der Waals surface area contributed by atoms with Gasteiger partial charge in [0.25, 0.3) is 0 Å². The maximum absolute atomic E-state index is 13.1. The standard InChI is InChI=1S/C15H12F2O2S/c1-9-6-10(15(18)19)2-3-11(9)8-20-12-4-5-13(16)14(17)7-12/h2-7H,8H2,1H3,(H,18,19). The Kier molecular flexibility index (Phi) is 4.39. The van der Waals surface area contributed by atoms with E-state index >= 15 is 0 Å². The number of aryl methyl sites for hydroxylation is 1. The van der Waals surface area contributed by atoms with E-state index in [1.165, 1.54) is 23.9 Å². The largest absolute Gasteiger partial charge is 0.478 e. The van der Waals surface area contributed by atoms with E-state index in [2.05, 4.69) is 0 Å². The number of halogens is 2. The Labute approximate surface area is 119 Å². The fourth-order valence-electron chi connectivity index (χ4n) is 1.72. The number of carbonyl (C=O) groups is 1. The predicted octanol–water partition coefficient (Wildman–Crippen LogP) is 4.26. The molecule has 1 N–H and O–H groups in total. The molecule has 0 amide bonds. The van der Waals surface area contributed by atoms with E-state index in [4.69, 9.17) is 5.11 Å². The molecule has 0 heterocycles. The van der Waals surface area contributed by atoms with E-state index in [1.807, 2.05) is 6.92 Å². The van der Waals surface area contributed by atoms with Crippen molar-refractivity contribution in [3.63, 3.8) is 0 Å². The van der Waals surface area contributed by atoms with Crippen LogP contribution in [0, 0.1) is 18.6 Å². The van der Waals surface area contributed by atoms with E-state index in [-0.39, 0.29) is 5.56 Å². The fraction of sp³-hybridized carbons (Fsp3) is 0.133. The average Bonchev–Trinajstić information content (AvgIpc) is 2.41. The van der Waals surface area contributed by atoms with E-state index in [0.29, 0.717) is 10.6 Å². The summed E-state index contributed by atoms with van der Waals surface area (Å²) in [7, 11) is 0. The molecule has 0 saturated heterocycles. The second-order valence-electron chi connectivity index (χ2n) is 4.31. The molecular weight excluding hydrogens is 282 g/mol. The van der Waals surface area contributed by atoms with Crippen LogP contribution in [-0.4, -0.2) is 11.1 Å². The first-order chi connectivity index (χ1) is 9.47. The Bertz CT molecular complexity index is 656. The second kappa shape index (κ2) is 6.05. The summed E-state index contributed by atoms with van der Waals surface area (Å²) in [5.41, 5.74) is 2.06. The number of benzene rings is 2. The molecule has 0 aromatic heterocycles. The van der Waals surface area contributed by atoms with E-state index < -0.39 is 17.6 Å². The summed E-state index contributed by atoms with van der Waals surface area (Å²) >= 11 is 1.37. The Balaban J connectivity index is 2.10. The Morgan fingerprint density at radius 2 is 1.90 bits per heavy atom. The molecule has 2 aromatic rings. The van der Waals surface area contributed by atoms with Crippen molar-refractivity contribution in [3.05, 3.63) is 64.7 Å². The summed E-state index contributed by atoms with van der Waals surface area (Å²) in [5.74, 6) is -2.13. The summed E-state index contributed by atoms with van der Waals surface area (Å²) in [6.45, 7) is 1.83. The molecule has 0 fully saturated rings. The highest BCUT2D eigenvalue weighted by atomic mass is 32.2. The Hall–Kier alpha value is -1.88. The minimum Gasteiger partial charge on any atom is -0.478 e. The normalized spacial score (nSPS) is 10.6. The van der Waals surface area contributed by atoms with Crippen LogP contribution in [-0.2, 0) is 5.75 Å². The van der Waals surface area contributed by atoms with Gasteiger partial charge in [0, 0.05) is 10.6 Å². The smallest absolute Gasteiger partial charge is 0.335 e. The first-order valence-corrected chi connectivity index (χ1v) is 6.86. The number of aromatic carboxylic acids is 1. The van der Waals surface area contributed by atoms with Crippen molar-refractivity contribution in [2.24, 2.45) is 0 Å². The lowest BCUT2D eigenvalue weighted by molar-refractivity contribution is 0.0697. The molecule has 2 nitrogen and oxygen atoms in total. The molecule has 0 aliphatic carbocycles. The van der Waals surface area contributed by atoms with Gasteiger partial charge in [-0.15, -0.1) is 11.8 Å². The van der Waals surface area contributed by atoms with Crippen molar-refractivity contribution in [1.82, 2.24) is 0 Å². The van der Waals surface area contributed by atoms with E-state index in [1.54, 1.807) is 12.1 Å². The van der Waals surface area contributed by atoms with Crippen LogP contribution in [0.2, 0.25) is 0 Å². The number of carboxylic acid groups (broad SMARTS) is 1. The molecule has 2 aromatic carbocycles. The lowest BCUT2D eigenvalue weighted by Gasteiger charge is -2.07. The van der Waals surface area contributed by atoms with Gasteiger partial charge >= 0.3 is 5.97 Å². The quantitative estimate of drug-likeness (QED) is 0.856. The highest BCUT2D eigenvalue weighted by Gasteiger charge is 2.07. The zero-order chi connectivity index (χ0) is 14.7. The highest BCUT2D eigenvalue weighted by molar-refractivity contribution is 7.98. The number of rotatable bonds is 4. The van der Waals surface area contributed by atoms with Gasteiger partial charge in [-0.3, -0.25) is 0 Å². The van der Waals surface area contributed by atoms with Gasteiger partial charge in [0.05, 0.1) is 5.56 Å². The molecule has 5 heteroatoms. The van der Waals surface area contributed by atoms with Crippen molar-refractivity contribution in [2.75, 3.05) is 0 Å². The topological polar surface area (TPSA) is 37.3 Å². The number of carboxylic acids is 1. The van der Waals surface area contributed by atoms with Crippen molar-refractivity contribution >= 4 is 17.7 Å². The van der Waals surface area contributed by atoms with Gasteiger partial charge in [-0.25, -0.2) is 13.6 Å². The highest BCUT2D eigenvalue weighted by Crippen LogP contribution is 2.26. The van der Waals surface area contributed by atoms with Crippen LogP contribution in [0.4, 0.5) is 8.78 Å². The number of hydrogen-bond donors (Lipinski definition) is 1. The molecule has 0 bridgehead atoms. The molecule has 0 saturated carbocycles. The van der Waals surface area contributed by atoms with Crippen LogP contribution >= 0.6 is 11.8 Å². The third-order valence-electron chi connectivity index (χ3n) is 2.87. The van der Waals surface area contributed by atoms with Gasteiger partial charge in [0.15, 0.2) is 11.6 Å². The van der Waals surface area contributed by atoms with Crippen LogP contribution in [0.25, 0.3) is 0 Å². The fourth-order valence-corrected chi connectivity index (χ4v) is 2.72. The van der Waals surface area contributed by atoms with Crippen LogP contribution in [0.15, 0.2) is 41.3 Å². The molecular formula is C15H12F2O2S. The van der Waals surface area contributed by atoms with E-state index in [9.17, 15) is 13.6 Å². The summed E-state index contributed by atoms with van der Waals surface area (Å²) in [4.78, 5) is 11.5. The maximum Gasteiger partial charge on any atom is 0.335 e. The first-order valence-electron chi connectivity index (χ1n) is 5.88. The predicted molar refractivity (Wildman–Crippen MR) is 74.1 cm³/mol. The Morgan fingerprint density at radius 3 is 2.50 bits per heavy atom. The second-order valence-corrected chi connectivity index (χ2v) is 5.36. The number of hydrogen-bond acceptors (Lipinski definition) is 2. The molecule has 0 unspecified atom stereocenters. The number of thioether (sulfide) groups is 1. The SMILES string of the molecule is Cc1cc(C(=O)O)ccc1CSc1ccc(F)c(F)c1. The van der Waals surface area contributed by atoms with Gasteiger partial charge in [0.1, 0.15) is 0 Å². The average molecular weight is 294 g/mol. The van der Waals surface area contributed by atoms with Crippen molar-refractivity contribution in [3.8, 4) is 0 Å². The van der Waals surface area contributed by atoms with Crippen LogP contribution in [0.5, 0.6) is 0 Å². The molecule has 104 valence electrons. The molecule has 0 aliphatic heterocycles. The van der Waals surface area contributed by atoms with Gasteiger partial charge in [-0.2, -0.15) is 0 Å². The molecule has 0 radical (unpaired) electrons. The monoisotopic (exact) mass is 294 g/mol. The zero-order valence-corrected chi connectivity index (χ0v) is 11.5. The summed E-state index contributed by atoms with van der Waals surface area (Å²) < 4.78 is 25.9. The summed E-state index contributed by atoms with van der Waals surface area (Å²) in [6, 6.07) is 8.65. The van der Waals surface area contributed by atoms with Crippen LogP contribution in [0.3, 0.4) is 0 Å². The summed E-state index contributed by atoms with van der Waals surface area (Å²) in [6.07, 6.45) is 0. The lowest BCUT2D eigenvalue weighted by atomic mass is 10.1.